The molecule has 0 fully saturated rings. The average molecular weight is 267 g/mol. The topological polar surface area (TPSA) is 49.8 Å². The monoisotopic (exact) mass is 266 g/mol. The standard InChI is InChI=1S/C12H12ClFN4/c1-7-6-16-12(15-2)18-11(7)17-10-5-8(13)3-4-9(10)14/h3-6H,1-2H3,(H2,15,16,17,18). The minimum Gasteiger partial charge on any atom is -0.357 e. The van der Waals surface area contributed by atoms with Crippen LogP contribution in [0.3, 0.4) is 0 Å². The van der Waals surface area contributed by atoms with Crippen LogP contribution in [0.4, 0.5) is 21.8 Å². The van der Waals surface area contributed by atoms with Crippen LogP contribution >= 0.6 is 11.6 Å². The van der Waals surface area contributed by atoms with Gasteiger partial charge in [0.05, 0.1) is 5.69 Å². The van der Waals surface area contributed by atoms with Crippen molar-refractivity contribution < 1.29 is 4.39 Å². The second-order valence-electron chi connectivity index (χ2n) is 3.72. The highest BCUT2D eigenvalue weighted by Gasteiger charge is 2.07. The van der Waals surface area contributed by atoms with E-state index < -0.39 is 0 Å². The molecule has 0 saturated carbocycles. The van der Waals surface area contributed by atoms with E-state index in [2.05, 4.69) is 20.6 Å². The fourth-order valence-corrected chi connectivity index (χ4v) is 1.58. The number of aryl methyl sites for hydroxylation is 1. The van der Waals surface area contributed by atoms with E-state index in [1.807, 2.05) is 6.92 Å². The maximum Gasteiger partial charge on any atom is 0.224 e. The maximum atomic E-state index is 13.6. The number of aromatic nitrogens is 2. The Morgan fingerprint density at radius 3 is 2.83 bits per heavy atom. The molecular weight excluding hydrogens is 255 g/mol. The first-order valence-corrected chi connectivity index (χ1v) is 5.71. The number of hydrogen-bond acceptors (Lipinski definition) is 4. The highest BCUT2D eigenvalue weighted by Crippen LogP contribution is 2.24. The normalized spacial score (nSPS) is 10.2. The number of anilines is 3. The summed E-state index contributed by atoms with van der Waals surface area (Å²) in [6, 6.07) is 4.31. The quantitative estimate of drug-likeness (QED) is 0.894. The van der Waals surface area contributed by atoms with Crippen molar-refractivity contribution in [3.05, 3.63) is 40.8 Å². The second kappa shape index (κ2) is 5.18. The Labute approximate surface area is 109 Å². The summed E-state index contributed by atoms with van der Waals surface area (Å²) in [7, 11) is 1.72. The maximum absolute atomic E-state index is 13.6. The molecule has 0 spiro atoms. The molecule has 0 atom stereocenters. The Morgan fingerprint density at radius 2 is 2.11 bits per heavy atom. The summed E-state index contributed by atoms with van der Waals surface area (Å²) in [5.74, 6) is 0.615. The zero-order chi connectivity index (χ0) is 13.1. The van der Waals surface area contributed by atoms with Crippen molar-refractivity contribution in [1.29, 1.82) is 0 Å². The van der Waals surface area contributed by atoms with Crippen LogP contribution in [-0.2, 0) is 0 Å². The van der Waals surface area contributed by atoms with Gasteiger partial charge in [0, 0.05) is 23.8 Å². The molecule has 18 heavy (non-hydrogen) atoms. The Kier molecular flexibility index (Phi) is 3.62. The van der Waals surface area contributed by atoms with Crippen molar-refractivity contribution >= 4 is 29.1 Å². The van der Waals surface area contributed by atoms with Crippen LogP contribution in [0, 0.1) is 12.7 Å². The van der Waals surface area contributed by atoms with Crippen molar-refractivity contribution in [2.75, 3.05) is 17.7 Å². The van der Waals surface area contributed by atoms with Gasteiger partial charge in [-0.05, 0) is 25.1 Å². The predicted molar refractivity (Wildman–Crippen MR) is 71.0 cm³/mol. The summed E-state index contributed by atoms with van der Waals surface area (Å²) in [5.41, 5.74) is 1.10. The summed E-state index contributed by atoms with van der Waals surface area (Å²) in [6.07, 6.45) is 1.66. The van der Waals surface area contributed by atoms with Gasteiger partial charge in [0.15, 0.2) is 0 Å². The van der Waals surface area contributed by atoms with E-state index in [9.17, 15) is 4.39 Å². The van der Waals surface area contributed by atoms with Crippen LogP contribution in [0.5, 0.6) is 0 Å². The minimum absolute atomic E-state index is 0.284. The Hall–Kier alpha value is -1.88. The van der Waals surface area contributed by atoms with Gasteiger partial charge in [-0.3, -0.25) is 0 Å². The number of nitrogens with one attached hydrogen (secondary N) is 2. The van der Waals surface area contributed by atoms with E-state index >= 15 is 0 Å². The van der Waals surface area contributed by atoms with E-state index in [1.165, 1.54) is 18.2 Å². The molecule has 0 unspecified atom stereocenters. The molecule has 2 aromatic rings. The van der Waals surface area contributed by atoms with Gasteiger partial charge in [-0.2, -0.15) is 4.98 Å². The number of benzene rings is 1. The zero-order valence-electron chi connectivity index (χ0n) is 9.96. The van der Waals surface area contributed by atoms with Gasteiger partial charge in [-0.15, -0.1) is 0 Å². The molecule has 4 nitrogen and oxygen atoms in total. The predicted octanol–water partition coefficient (Wildman–Crippen LogP) is 3.36. The van der Waals surface area contributed by atoms with E-state index in [0.29, 0.717) is 16.8 Å². The molecule has 1 heterocycles. The lowest BCUT2D eigenvalue weighted by atomic mass is 10.3. The molecule has 1 aromatic carbocycles. The minimum atomic E-state index is -0.386. The third-order valence-corrected chi connectivity index (χ3v) is 2.61. The molecule has 6 heteroatoms. The zero-order valence-corrected chi connectivity index (χ0v) is 10.7. The van der Waals surface area contributed by atoms with Gasteiger partial charge in [0.25, 0.3) is 0 Å². The lowest BCUT2D eigenvalue weighted by Crippen LogP contribution is -2.03. The summed E-state index contributed by atoms with van der Waals surface area (Å²) < 4.78 is 13.6. The van der Waals surface area contributed by atoms with E-state index in [0.717, 1.165) is 5.56 Å². The second-order valence-corrected chi connectivity index (χ2v) is 4.16. The van der Waals surface area contributed by atoms with Crippen molar-refractivity contribution in [2.24, 2.45) is 0 Å². The van der Waals surface area contributed by atoms with Crippen LogP contribution < -0.4 is 10.6 Å². The third-order valence-electron chi connectivity index (χ3n) is 2.38. The van der Waals surface area contributed by atoms with E-state index in [1.54, 1.807) is 13.2 Å². The molecule has 0 saturated heterocycles. The molecule has 0 radical (unpaired) electrons. The van der Waals surface area contributed by atoms with Gasteiger partial charge in [-0.25, -0.2) is 9.37 Å². The van der Waals surface area contributed by atoms with Gasteiger partial charge in [-0.1, -0.05) is 11.6 Å². The van der Waals surface area contributed by atoms with Crippen LogP contribution in [0.1, 0.15) is 5.56 Å². The molecule has 0 aliphatic rings. The number of halogens is 2. The van der Waals surface area contributed by atoms with E-state index in [-0.39, 0.29) is 11.5 Å². The SMILES string of the molecule is CNc1ncc(C)c(Nc2cc(Cl)ccc2F)n1. The largest absolute Gasteiger partial charge is 0.357 e. The van der Waals surface area contributed by atoms with Crippen LogP contribution in [0.15, 0.2) is 24.4 Å². The van der Waals surface area contributed by atoms with E-state index in [4.69, 9.17) is 11.6 Å². The van der Waals surface area contributed by atoms with Gasteiger partial charge in [0.1, 0.15) is 11.6 Å². The Bertz CT molecular complexity index is 574. The fourth-order valence-electron chi connectivity index (χ4n) is 1.41. The molecular formula is C12H12ClFN4. The molecule has 0 amide bonds. The average Bonchev–Trinajstić information content (AvgIpc) is 2.36. The summed E-state index contributed by atoms with van der Waals surface area (Å²) in [6.45, 7) is 1.84. The molecule has 2 N–H and O–H groups in total. The van der Waals surface area contributed by atoms with Gasteiger partial charge < -0.3 is 10.6 Å². The lowest BCUT2D eigenvalue weighted by molar-refractivity contribution is 0.632. The van der Waals surface area contributed by atoms with Crippen molar-refractivity contribution in [3.63, 3.8) is 0 Å². The third kappa shape index (κ3) is 2.68. The smallest absolute Gasteiger partial charge is 0.224 e. The Morgan fingerprint density at radius 1 is 1.33 bits per heavy atom. The fraction of sp³-hybridized carbons (Fsp3) is 0.167. The number of rotatable bonds is 3. The van der Waals surface area contributed by atoms with Gasteiger partial charge in [0.2, 0.25) is 5.95 Å². The van der Waals surface area contributed by atoms with Gasteiger partial charge >= 0.3 is 0 Å². The highest BCUT2D eigenvalue weighted by atomic mass is 35.5. The van der Waals surface area contributed by atoms with Crippen LogP contribution in [0.25, 0.3) is 0 Å². The molecule has 94 valence electrons. The molecule has 0 aliphatic carbocycles. The highest BCUT2D eigenvalue weighted by molar-refractivity contribution is 6.30. The summed E-state index contributed by atoms with van der Waals surface area (Å²) >= 11 is 5.83. The van der Waals surface area contributed by atoms with Crippen LogP contribution in [0.2, 0.25) is 5.02 Å². The number of nitrogens with zero attached hydrogens (tertiary/aromatic N) is 2. The van der Waals surface area contributed by atoms with Crippen molar-refractivity contribution in [2.45, 2.75) is 6.92 Å². The first-order valence-electron chi connectivity index (χ1n) is 5.33. The molecule has 0 aliphatic heterocycles. The van der Waals surface area contributed by atoms with Crippen molar-refractivity contribution in [1.82, 2.24) is 9.97 Å². The lowest BCUT2D eigenvalue weighted by Gasteiger charge is -2.10. The first kappa shape index (κ1) is 12.6. The van der Waals surface area contributed by atoms with Crippen LogP contribution in [-0.4, -0.2) is 17.0 Å². The first-order chi connectivity index (χ1) is 8.60. The number of hydrogen-bond donors (Lipinski definition) is 2. The summed E-state index contributed by atoms with van der Waals surface area (Å²) in [4.78, 5) is 8.27. The molecule has 0 bridgehead atoms. The molecule has 1 aromatic heterocycles. The van der Waals surface area contributed by atoms with Crippen molar-refractivity contribution in [3.8, 4) is 0 Å². The Balaban J connectivity index is 2.36. The summed E-state index contributed by atoms with van der Waals surface area (Å²) in [5, 5.41) is 6.19. The molecule has 2 rings (SSSR count).